The molecule has 2 fully saturated rings. The zero-order valence-corrected chi connectivity index (χ0v) is 9.56. The van der Waals surface area contributed by atoms with Crippen LogP contribution in [0.2, 0.25) is 0 Å². The SMILES string of the molecule is Cn1c(C2CC2)nn(CC2CCCO2)c1=O. The van der Waals surface area contributed by atoms with E-state index in [0.717, 1.165) is 25.3 Å². The first-order valence-electron chi connectivity index (χ1n) is 6.01. The Bertz CT molecular complexity index is 439. The average Bonchev–Trinajstić information content (AvgIpc) is 2.93. The summed E-state index contributed by atoms with van der Waals surface area (Å²) in [6.07, 6.45) is 4.66. The van der Waals surface area contributed by atoms with E-state index in [-0.39, 0.29) is 11.8 Å². The highest BCUT2D eigenvalue weighted by atomic mass is 16.5. The molecule has 1 saturated carbocycles. The standard InChI is InChI=1S/C11H17N3O2/c1-13-10(8-4-5-8)12-14(11(13)15)7-9-3-2-6-16-9/h8-9H,2-7H2,1H3. The molecule has 1 aliphatic carbocycles. The van der Waals surface area contributed by atoms with Crippen molar-refractivity contribution in [3.8, 4) is 0 Å². The van der Waals surface area contributed by atoms with E-state index in [2.05, 4.69) is 5.10 Å². The normalized spacial score (nSPS) is 25.2. The second kappa shape index (κ2) is 3.73. The first kappa shape index (κ1) is 10.1. The minimum atomic E-state index is -0.00241. The molecule has 1 saturated heterocycles. The second-order valence-corrected chi connectivity index (χ2v) is 4.79. The minimum absolute atomic E-state index is 0.00241. The van der Waals surface area contributed by atoms with Gasteiger partial charge in [-0.1, -0.05) is 0 Å². The number of hydrogen-bond acceptors (Lipinski definition) is 3. The Hall–Kier alpha value is -1.10. The first-order chi connectivity index (χ1) is 7.75. The van der Waals surface area contributed by atoms with Crippen molar-refractivity contribution in [1.29, 1.82) is 0 Å². The fourth-order valence-corrected chi connectivity index (χ4v) is 2.30. The smallest absolute Gasteiger partial charge is 0.345 e. The lowest BCUT2D eigenvalue weighted by molar-refractivity contribution is 0.0928. The lowest BCUT2D eigenvalue weighted by atomic mass is 10.2. The topological polar surface area (TPSA) is 49.0 Å². The van der Waals surface area contributed by atoms with E-state index in [4.69, 9.17) is 4.74 Å². The van der Waals surface area contributed by atoms with Crippen molar-refractivity contribution in [3.63, 3.8) is 0 Å². The molecule has 1 aromatic heterocycles. The zero-order chi connectivity index (χ0) is 11.1. The van der Waals surface area contributed by atoms with Crippen molar-refractivity contribution in [1.82, 2.24) is 14.3 Å². The fraction of sp³-hybridized carbons (Fsp3) is 0.818. The van der Waals surface area contributed by atoms with Crippen LogP contribution in [-0.4, -0.2) is 27.1 Å². The third-order valence-corrected chi connectivity index (χ3v) is 3.42. The van der Waals surface area contributed by atoms with E-state index in [1.54, 1.807) is 9.25 Å². The van der Waals surface area contributed by atoms with Crippen LogP contribution < -0.4 is 5.69 Å². The molecule has 2 heterocycles. The lowest BCUT2D eigenvalue weighted by Gasteiger charge is -2.07. The van der Waals surface area contributed by atoms with Gasteiger partial charge in [-0.3, -0.25) is 4.57 Å². The average molecular weight is 223 g/mol. The van der Waals surface area contributed by atoms with Crippen molar-refractivity contribution in [2.45, 2.75) is 44.2 Å². The minimum Gasteiger partial charge on any atom is -0.376 e. The molecule has 0 radical (unpaired) electrons. The van der Waals surface area contributed by atoms with E-state index in [0.29, 0.717) is 12.5 Å². The van der Waals surface area contributed by atoms with Crippen molar-refractivity contribution in [2.24, 2.45) is 7.05 Å². The maximum Gasteiger partial charge on any atom is 0.345 e. The summed E-state index contributed by atoms with van der Waals surface area (Å²) in [6, 6.07) is 0. The molecule has 3 rings (SSSR count). The van der Waals surface area contributed by atoms with Gasteiger partial charge in [0, 0.05) is 19.6 Å². The quantitative estimate of drug-likeness (QED) is 0.755. The summed E-state index contributed by atoms with van der Waals surface area (Å²) >= 11 is 0. The summed E-state index contributed by atoms with van der Waals surface area (Å²) < 4.78 is 8.79. The lowest BCUT2D eigenvalue weighted by Crippen LogP contribution is -2.28. The number of hydrogen-bond donors (Lipinski definition) is 0. The molecular formula is C11H17N3O2. The van der Waals surface area contributed by atoms with Gasteiger partial charge in [0.15, 0.2) is 0 Å². The van der Waals surface area contributed by atoms with Crippen LogP contribution in [0.15, 0.2) is 4.79 Å². The molecule has 88 valence electrons. The molecule has 5 nitrogen and oxygen atoms in total. The third kappa shape index (κ3) is 1.69. The van der Waals surface area contributed by atoms with Crippen LogP contribution in [0.4, 0.5) is 0 Å². The molecule has 1 aromatic rings. The van der Waals surface area contributed by atoms with E-state index >= 15 is 0 Å². The first-order valence-corrected chi connectivity index (χ1v) is 6.01. The Kier molecular flexibility index (Phi) is 2.35. The van der Waals surface area contributed by atoms with Gasteiger partial charge in [0.05, 0.1) is 12.6 Å². The van der Waals surface area contributed by atoms with E-state index < -0.39 is 0 Å². The molecule has 1 aliphatic heterocycles. The van der Waals surface area contributed by atoms with E-state index in [9.17, 15) is 4.79 Å². The summed E-state index contributed by atoms with van der Waals surface area (Å²) in [5, 5.41) is 4.42. The van der Waals surface area contributed by atoms with Crippen LogP contribution in [0.25, 0.3) is 0 Å². The Morgan fingerprint density at radius 2 is 2.25 bits per heavy atom. The van der Waals surface area contributed by atoms with Gasteiger partial charge in [-0.15, -0.1) is 0 Å². The number of rotatable bonds is 3. The number of ether oxygens (including phenoxy) is 1. The summed E-state index contributed by atoms with van der Waals surface area (Å²) in [5.41, 5.74) is -0.00241. The molecule has 16 heavy (non-hydrogen) atoms. The largest absolute Gasteiger partial charge is 0.376 e. The van der Waals surface area contributed by atoms with Gasteiger partial charge in [0.1, 0.15) is 5.82 Å². The van der Waals surface area contributed by atoms with Gasteiger partial charge in [0.2, 0.25) is 0 Å². The van der Waals surface area contributed by atoms with Gasteiger partial charge in [-0.2, -0.15) is 5.10 Å². The molecule has 0 aromatic carbocycles. The molecule has 0 N–H and O–H groups in total. The number of nitrogens with zero attached hydrogens (tertiary/aromatic N) is 3. The summed E-state index contributed by atoms with van der Waals surface area (Å²) in [7, 11) is 1.81. The van der Waals surface area contributed by atoms with Gasteiger partial charge in [-0.25, -0.2) is 9.48 Å². The molecule has 1 atom stereocenters. The van der Waals surface area contributed by atoms with Crippen molar-refractivity contribution in [2.75, 3.05) is 6.61 Å². The van der Waals surface area contributed by atoms with Gasteiger partial charge < -0.3 is 4.74 Å². The molecule has 5 heteroatoms. The predicted octanol–water partition coefficient (Wildman–Crippen LogP) is 0.638. The van der Waals surface area contributed by atoms with Crippen LogP contribution in [0.5, 0.6) is 0 Å². The van der Waals surface area contributed by atoms with Gasteiger partial charge >= 0.3 is 5.69 Å². The zero-order valence-electron chi connectivity index (χ0n) is 9.56. The maximum atomic E-state index is 11.9. The van der Waals surface area contributed by atoms with Crippen LogP contribution in [-0.2, 0) is 18.3 Å². The second-order valence-electron chi connectivity index (χ2n) is 4.79. The van der Waals surface area contributed by atoms with Crippen molar-refractivity contribution in [3.05, 3.63) is 16.3 Å². The van der Waals surface area contributed by atoms with Crippen LogP contribution in [0.3, 0.4) is 0 Å². The van der Waals surface area contributed by atoms with Gasteiger partial charge in [0.25, 0.3) is 0 Å². The number of aromatic nitrogens is 3. The van der Waals surface area contributed by atoms with E-state index in [1.165, 1.54) is 12.8 Å². The highest BCUT2D eigenvalue weighted by molar-refractivity contribution is 5.04. The fourth-order valence-electron chi connectivity index (χ4n) is 2.30. The highest BCUT2D eigenvalue weighted by Crippen LogP contribution is 2.38. The maximum absolute atomic E-state index is 11.9. The molecule has 0 bridgehead atoms. The predicted molar refractivity (Wildman–Crippen MR) is 58.4 cm³/mol. The molecule has 0 amide bonds. The molecular weight excluding hydrogens is 206 g/mol. The Morgan fingerprint density at radius 3 is 2.88 bits per heavy atom. The van der Waals surface area contributed by atoms with Crippen molar-refractivity contribution >= 4 is 0 Å². The molecule has 2 aliphatic rings. The molecule has 0 spiro atoms. The van der Waals surface area contributed by atoms with E-state index in [1.807, 2.05) is 7.05 Å². The highest BCUT2D eigenvalue weighted by Gasteiger charge is 2.30. The summed E-state index contributed by atoms with van der Waals surface area (Å²) in [4.78, 5) is 11.9. The van der Waals surface area contributed by atoms with Gasteiger partial charge in [-0.05, 0) is 25.7 Å². The monoisotopic (exact) mass is 223 g/mol. The Labute approximate surface area is 94.0 Å². The Morgan fingerprint density at radius 1 is 1.44 bits per heavy atom. The summed E-state index contributed by atoms with van der Waals surface area (Å²) in [5.74, 6) is 1.46. The Balaban J connectivity index is 1.83. The molecule has 1 unspecified atom stereocenters. The van der Waals surface area contributed by atoms with Crippen molar-refractivity contribution < 1.29 is 4.74 Å². The third-order valence-electron chi connectivity index (χ3n) is 3.42. The summed E-state index contributed by atoms with van der Waals surface area (Å²) in [6.45, 7) is 1.43. The van der Waals surface area contributed by atoms with Crippen LogP contribution in [0, 0.1) is 0 Å². The van der Waals surface area contributed by atoms with Crippen LogP contribution >= 0.6 is 0 Å². The van der Waals surface area contributed by atoms with Crippen LogP contribution in [0.1, 0.15) is 37.4 Å².